The van der Waals surface area contributed by atoms with Crippen LogP contribution in [0.25, 0.3) is 0 Å². The van der Waals surface area contributed by atoms with E-state index in [0.29, 0.717) is 16.8 Å². The molecule has 0 saturated heterocycles. The van der Waals surface area contributed by atoms with E-state index in [-0.39, 0.29) is 14.6 Å². The summed E-state index contributed by atoms with van der Waals surface area (Å²) in [6.45, 7) is 1.71. The quantitative estimate of drug-likeness (QED) is 0.889. The SMILES string of the molecule is CNC(=O)c1ccc(NS(=O)(=O)c2cnc(Cl)s2)c(C)c1. The minimum absolute atomic E-state index is 0.0299. The van der Waals surface area contributed by atoms with Gasteiger partial charge in [-0.1, -0.05) is 22.9 Å². The zero-order valence-electron chi connectivity index (χ0n) is 11.2. The number of carbonyl (C=O) groups is 1. The van der Waals surface area contributed by atoms with Crippen molar-refractivity contribution in [3.63, 3.8) is 0 Å². The molecule has 1 aromatic carbocycles. The molecule has 21 heavy (non-hydrogen) atoms. The first kappa shape index (κ1) is 15.7. The standard InChI is InChI=1S/C12H12ClN3O3S2/c1-7-5-8(11(17)14-2)3-4-9(7)16-21(18,19)10-6-15-12(13)20-10/h3-6,16H,1-2H3,(H,14,17). The average molecular weight is 346 g/mol. The fourth-order valence-corrected chi connectivity index (χ4v) is 4.05. The van der Waals surface area contributed by atoms with Gasteiger partial charge in [0.2, 0.25) is 0 Å². The minimum atomic E-state index is -3.73. The van der Waals surface area contributed by atoms with Crippen molar-refractivity contribution in [2.45, 2.75) is 11.1 Å². The fraction of sp³-hybridized carbons (Fsp3) is 0.167. The van der Waals surface area contributed by atoms with Gasteiger partial charge in [0.25, 0.3) is 15.9 Å². The zero-order chi connectivity index (χ0) is 15.6. The Bertz CT molecular complexity index is 787. The van der Waals surface area contributed by atoms with Crippen LogP contribution < -0.4 is 10.0 Å². The highest BCUT2D eigenvalue weighted by Gasteiger charge is 2.19. The second-order valence-corrected chi connectivity index (χ2v) is 7.67. The van der Waals surface area contributed by atoms with Gasteiger partial charge in [0.15, 0.2) is 8.68 Å². The highest BCUT2D eigenvalue weighted by molar-refractivity contribution is 7.94. The number of hydrogen-bond donors (Lipinski definition) is 2. The second-order valence-electron chi connectivity index (χ2n) is 4.15. The van der Waals surface area contributed by atoms with E-state index in [1.54, 1.807) is 25.1 Å². The van der Waals surface area contributed by atoms with Crippen LogP contribution in [-0.2, 0) is 10.0 Å². The first-order valence-electron chi connectivity index (χ1n) is 5.80. The van der Waals surface area contributed by atoms with E-state index in [2.05, 4.69) is 15.0 Å². The van der Waals surface area contributed by atoms with Gasteiger partial charge in [0.1, 0.15) is 0 Å². The Kier molecular flexibility index (Phi) is 4.50. The van der Waals surface area contributed by atoms with Gasteiger partial charge in [-0.3, -0.25) is 9.52 Å². The molecule has 0 bridgehead atoms. The van der Waals surface area contributed by atoms with Crippen LogP contribution in [0.4, 0.5) is 5.69 Å². The lowest BCUT2D eigenvalue weighted by atomic mass is 10.1. The number of sulfonamides is 1. The number of benzene rings is 1. The van der Waals surface area contributed by atoms with E-state index in [1.807, 2.05) is 0 Å². The maximum atomic E-state index is 12.2. The fourth-order valence-electron chi connectivity index (χ4n) is 1.62. The number of nitrogens with zero attached hydrogens (tertiary/aromatic N) is 1. The topological polar surface area (TPSA) is 88.2 Å². The van der Waals surface area contributed by atoms with E-state index in [9.17, 15) is 13.2 Å². The lowest BCUT2D eigenvalue weighted by Crippen LogP contribution is -2.18. The molecule has 0 aliphatic rings. The van der Waals surface area contributed by atoms with Crippen LogP contribution in [0.15, 0.2) is 28.6 Å². The van der Waals surface area contributed by atoms with Crippen LogP contribution in [0, 0.1) is 6.92 Å². The van der Waals surface area contributed by atoms with Gasteiger partial charge in [-0.2, -0.15) is 0 Å². The second kappa shape index (κ2) is 6.00. The maximum absolute atomic E-state index is 12.2. The van der Waals surface area contributed by atoms with Crippen molar-refractivity contribution in [3.8, 4) is 0 Å². The molecule has 1 heterocycles. The Balaban J connectivity index is 2.30. The van der Waals surface area contributed by atoms with E-state index >= 15 is 0 Å². The molecule has 1 amide bonds. The van der Waals surface area contributed by atoms with Gasteiger partial charge in [-0.05, 0) is 30.7 Å². The zero-order valence-corrected chi connectivity index (χ0v) is 13.6. The molecule has 6 nitrogen and oxygen atoms in total. The lowest BCUT2D eigenvalue weighted by molar-refractivity contribution is 0.0963. The van der Waals surface area contributed by atoms with Crippen molar-refractivity contribution >= 4 is 44.6 Å². The summed E-state index contributed by atoms with van der Waals surface area (Å²) < 4.78 is 27.0. The molecule has 1 aromatic heterocycles. The molecule has 0 unspecified atom stereocenters. The Morgan fingerprint density at radius 3 is 2.62 bits per heavy atom. The van der Waals surface area contributed by atoms with Crippen LogP contribution in [-0.4, -0.2) is 26.4 Å². The number of rotatable bonds is 4. The molecular weight excluding hydrogens is 334 g/mol. The van der Waals surface area contributed by atoms with Crippen LogP contribution in [0.5, 0.6) is 0 Å². The van der Waals surface area contributed by atoms with Crippen LogP contribution in [0.3, 0.4) is 0 Å². The van der Waals surface area contributed by atoms with Crippen molar-refractivity contribution in [2.24, 2.45) is 0 Å². The Morgan fingerprint density at radius 2 is 2.10 bits per heavy atom. The van der Waals surface area contributed by atoms with Crippen LogP contribution in [0.1, 0.15) is 15.9 Å². The molecule has 2 N–H and O–H groups in total. The van der Waals surface area contributed by atoms with Crippen LogP contribution >= 0.6 is 22.9 Å². The van der Waals surface area contributed by atoms with Gasteiger partial charge < -0.3 is 5.32 Å². The number of anilines is 1. The Morgan fingerprint density at radius 1 is 1.38 bits per heavy atom. The summed E-state index contributed by atoms with van der Waals surface area (Å²) in [7, 11) is -2.20. The number of carbonyl (C=O) groups excluding carboxylic acids is 1. The van der Waals surface area contributed by atoms with Gasteiger partial charge >= 0.3 is 0 Å². The van der Waals surface area contributed by atoms with Crippen molar-refractivity contribution in [1.82, 2.24) is 10.3 Å². The molecule has 9 heteroatoms. The predicted octanol–water partition coefficient (Wildman–Crippen LogP) is 2.27. The third-order valence-electron chi connectivity index (χ3n) is 2.68. The average Bonchev–Trinajstić information content (AvgIpc) is 2.87. The highest BCUT2D eigenvalue weighted by atomic mass is 35.5. The summed E-state index contributed by atoms with van der Waals surface area (Å²) in [5, 5.41) is 2.51. The van der Waals surface area contributed by atoms with E-state index in [1.165, 1.54) is 13.2 Å². The van der Waals surface area contributed by atoms with Gasteiger partial charge in [0, 0.05) is 12.6 Å². The Labute approximate surface area is 131 Å². The summed E-state index contributed by atoms with van der Waals surface area (Å²) in [6.07, 6.45) is 1.20. The number of thiazole rings is 1. The van der Waals surface area contributed by atoms with Crippen molar-refractivity contribution in [1.29, 1.82) is 0 Å². The maximum Gasteiger partial charge on any atom is 0.273 e. The molecule has 2 aromatic rings. The lowest BCUT2D eigenvalue weighted by Gasteiger charge is -2.10. The Hall–Kier alpha value is -1.64. The normalized spacial score (nSPS) is 11.2. The molecule has 2 rings (SSSR count). The van der Waals surface area contributed by atoms with E-state index < -0.39 is 10.0 Å². The predicted molar refractivity (Wildman–Crippen MR) is 82.5 cm³/mol. The number of aryl methyl sites for hydroxylation is 1. The van der Waals surface area contributed by atoms with E-state index in [0.717, 1.165) is 11.3 Å². The summed E-state index contributed by atoms with van der Waals surface area (Å²) in [6, 6.07) is 4.69. The molecule has 0 aliphatic heterocycles. The highest BCUT2D eigenvalue weighted by Crippen LogP contribution is 2.26. The molecule has 0 radical (unpaired) electrons. The largest absolute Gasteiger partial charge is 0.355 e. The number of hydrogen-bond acceptors (Lipinski definition) is 5. The van der Waals surface area contributed by atoms with Crippen molar-refractivity contribution < 1.29 is 13.2 Å². The molecule has 0 atom stereocenters. The number of amides is 1. The van der Waals surface area contributed by atoms with Crippen molar-refractivity contribution in [2.75, 3.05) is 11.8 Å². The van der Waals surface area contributed by atoms with Gasteiger partial charge in [-0.25, -0.2) is 13.4 Å². The third-order valence-corrected chi connectivity index (χ3v) is 5.62. The summed E-state index contributed by atoms with van der Waals surface area (Å²) in [4.78, 5) is 15.2. The molecule has 0 spiro atoms. The first-order valence-corrected chi connectivity index (χ1v) is 8.48. The smallest absolute Gasteiger partial charge is 0.273 e. The summed E-state index contributed by atoms with van der Waals surface area (Å²) >= 11 is 6.51. The number of aromatic nitrogens is 1. The number of halogens is 1. The molecule has 0 saturated carbocycles. The minimum Gasteiger partial charge on any atom is -0.355 e. The van der Waals surface area contributed by atoms with Crippen molar-refractivity contribution in [3.05, 3.63) is 40.0 Å². The molecule has 0 fully saturated rings. The monoisotopic (exact) mass is 345 g/mol. The third kappa shape index (κ3) is 3.52. The molecular formula is C12H12ClN3O3S2. The summed E-state index contributed by atoms with van der Waals surface area (Å²) in [5.41, 5.74) is 1.49. The van der Waals surface area contributed by atoms with Gasteiger partial charge in [-0.15, -0.1) is 0 Å². The number of nitrogens with one attached hydrogen (secondary N) is 2. The van der Waals surface area contributed by atoms with Gasteiger partial charge in [0.05, 0.1) is 11.9 Å². The van der Waals surface area contributed by atoms with E-state index in [4.69, 9.17) is 11.6 Å². The van der Waals surface area contributed by atoms with Crippen LogP contribution in [0.2, 0.25) is 4.47 Å². The molecule has 112 valence electrons. The molecule has 0 aliphatic carbocycles. The summed E-state index contributed by atoms with van der Waals surface area (Å²) in [5.74, 6) is -0.234. The first-order chi connectivity index (χ1) is 9.83.